The zero-order chi connectivity index (χ0) is 12.1. The van der Waals surface area contributed by atoms with Crippen LogP contribution in [-0.2, 0) is 4.79 Å². The minimum atomic E-state index is -0.0695. The van der Waals surface area contributed by atoms with Crippen molar-refractivity contribution in [1.29, 1.82) is 0 Å². The second kappa shape index (κ2) is 5.85. The highest BCUT2D eigenvalue weighted by Crippen LogP contribution is 2.25. The number of hydrogen-bond donors (Lipinski definition) is 1. The molecular weight excluding hydrogens is 224 g/mol. The van der Waals surface area contributed by atoms with Gasteiger partial charge in [0, 0.05) is 10.7 Å². The fraction of sp³-hybridized carbons (Fsp3) is 0.500. The minimum absolute atomic E-state index is 0.0695. The third-order valence-corrected chi connectivity index (χ3v) is 2.94. The van der Waals surface area contributed by atoms with Gasteiger partial charge in [-0.25, -0.2) is 0 Å². The SMILES string of the molecule is CC[C@H](C)[C@@H](NC=O)c1cc(Cl)cc(C)n1. The van der Waals surface area contributed by atoms with Crippen LogP contribution in [0.25, 0.3) is 0 Å². The van der Waals surface area contributed by atoms with Gasteiger partial charge in [-0.1, -0.05) is 31.9 Å². The summed E-state index contributed by atoms with van der Waals surface area (Å²) in [6.07, 6.45) is 1.69. The molecule has 0 aliphatic rings. The molecule has 2 atom stereocenters. The molecule has 0 spiro atoms. The number of carbonyl (C=O) groups excluding carboxylic acids is 1. The molecule has 0 aliphatic heterocycles. The Hall–Kier alpha value is -1.09. The highest BCUT2D eigenvalue weighted by atomic mass is 35.5. The first-order valence-corrected chi connectivity index (χ1v) is 5.80. The van der Waals surface area contributed by atoms with Crippen molar-refractivity contribution < 1.29 is 4.79 Å². The van der Waals surface area contributed by atoms with E-state index >= 15 is 0 Å². The Morgan fingerprint density at radius 1 is 1.56 bits per heavy atom. The predicted octanol–water partition coefficient (Wildman–Crippen LogP) is 2.88. The second-order valence-electron chi connectivity index (χ2n) is 4.00. The molecule has 1 amide bonds. The van der Waals surface area contributed by atoms with Crippen molar-refractivity contribution in [1.82, 2.24) is 10.3 Å². The number of amides is 1. The Bertz CT molecular complexity index is 348. The number of nitrogens with zero attached hydrogens (tertiary/aromatic N) is 1. The van der Waals surface area contributed by atoms with E-state index in [1.54, 1.807) is 6.07 Å². The van der Waals surface area contributed by atoms with E-state index in [1.807, 2.05) is 13.0 Å². The molecule has 1 aromatic rings. The largest absolute Gasteiger partial charge is 0.350 e. The van der Waals surface area contributed by atoms with Crippen LogP contribution in [0.15, 0.2) is 12.1 Å². The number of pyridine rings is 1. The van der Waals surface area contributed by atoms with E-state index in [1.165, 1.54) is 0 Å². The maximum absolute atomic E-state index is 10.6. The first kappa shape index (κ1) is 13.0. The molecule has 0 unspecified atom stereocenters. The highest BCUT2D eigenvalue weighted by molar-refractivity contribution is 6.30. The maximum atomic E-state index is 10.6. The van der Waals surface area contributed by atoms with Gasteiger partial charge in [-0.15, -0.1) is 0 Å². The van der Waals surface area contributed by atoms with Crippen LogP contribution in [0, 0.1) is 12.8 Å². The van der Waals surface area contributed by atoms with Crippen molar-refractivity contribution >= 4 is 18.0 Å². The van der Waals surface area contributed by atoms with Gasteiger partial charge in [0.1, 0.15) is 0 Å². The summed E-state index contributed by atoms with van der Waals surface area (Å²) in [6, 6.07) is 3.54. The van der Waals surface area contributed by atoms with Gasteiger partial charge in [0.2, 0.25) is 6.41 Å². The van der Waals surface area contributed by atoms with Crippen LogP contribution in [-0.4, -0.2) is 11.4 Å². The van der Waals surface area contributed by atoms with Crippen LogP contribution in [0.4, 0.5) is 0 Å². The van der Waals surface area contributed by atoms with Crippen molar-refractivity contribution in [3.05, 3.63) is 28.5 Å². The Kier molecular flexibility index (Phi) is 4.74. The van der Waals surface area contributed by atoms with Crippen molar-refractivity contribution in [2.24, 2.45) is 5.92 Å². The summed E-state index contributed by atoms with van der Waals surface area (Å²) >= 11 is 5.99. The fourth-order valence-electron chi connectivity index (χ4n) is 1.66. The molecule has 0 radical (unpaired) electrons. The molecule has 16 heavy (non-hydrogen) atoms. The summed E-state index contributed by atoms with van der Waals surface area (Å²) in [5, 5.41) is 3.46. The van der Waals surface area contributed by atoms with Gasteiger partial charge < -0.3 is 5.32 Å². The zero-order valence-electron chi connectivity index (χ0n) is 9.83. The summed E-state index contributed by atoms with van der Waals surface area (Å²) < 4.78 is 0. The van der Waals surface area contributed by atoms with E-state index in [9.17, 15) is 4.79 Å². The molecule has 0 bridgehead atoms. The Morgan fingerprint density at radius 3 is 2.75 bits per heavy atom. The second-order valence-corrected chi connectivity index (χ2v) is 4.44. The monoisotopic (exact) mass is 240 g/mol. The summed E-state index contributed by atoms with van der Waals surface area (Å²) in [6.45, 7) is 6.06. The van der Waals surface area contributed by atoms with E-state index in [2.05, 4.69) is 24.1 Å². The number of rotatable bonds is 5. The maximum Gasteiger partial charge on any atom is 0.207 e. The molecule has 4 heteroatoms. The molecule has 0 fully saturated rings. The van der Waals surface area contributed by atoms with E-state index in [0.29, 0.717) is 10.9 Å². The van der Waals surface area contributed by atoms with Crippen LogP contribution in [0.1, 0.15) is 37.7 Å². The molecule has 1 aromatic heterocycles. The molecule has 0 saturated heterocycles. The zero-order valence-corrected chi connectivity index (χ0v) is 10.6. The Morgan fingerprint density at radius 2 is 2.25 bits per heavy atom. The Labute approximate surface area is 101 Å². The molecule has 1 heterocycles. The number of aryl methyl sites for hydroxylation is 1. The van der Waals surface area contributed by atoms with E-state index < -0.39 is 0 Å². The standard InChI is InChI=1S/C12H17ClN2O/c1-4-8(2)12(14-7-16)11-6-10(13)5-9(3)15-11/h5-8,12H,4H2,1-3H3,(H,14,16)/t8-,12+/m0/s1. The van der Waals surface area contributed by atoms with Crippen LogP contribution < -0.4 is 5.32 Å². The van der Waals surface area contributed by atoms with Gasteiger partial charge in [-0.3, -0.25) is 9.78 Å². The topological polar surface area (TPSA) is 42.0 Å². The third-order valence-electron chi connectivity index (χ3n) is 2.72. The van der Waals surface area contributed by atoms with Crippen molar-refractivity contribution in [2.75, 3.05) is 0 Å². The average Bonchev–Trinajstić information content (AvgIpc) is 2.23. The van der Waals surface area contributed by atoms with Gasteiger partial charge in [-0.05, 0) is 25.0 Å². The molecule has 1 rings (SSSR count). The van der Waals surface area contributed by atoms with Gasteiger partial charge in [0.05, 0.1) is 11.7 Å². The first-order valence-electron chi connectivity index (χ1n) is 5.42. The van der Waals surface area contributed by atoms with E-state index in [4.69, 9.17) is 11.6 Å². The number of aromatic nitrogens is 1. The van der Waals surface area contributed by atoms with E-state index in [-0.39, 0.29) is 6.04 Å². The van der Waals surface area contributed by atoms with Crippen LogP contribution in [0.2, 0.25) is 5.02 Å². The normalized spacial score (nSPS) is 14.2. The van der Waals surface area contributed by atoms with Gasteiger partial charge in [-0.2, -0.15) is 0 Å². The Balaban J connectivity index is 3.04. The lowest BCUT2D eigenvalue weighted by Gasteiger charge is -2.22. The molecule has 3 nitrogen and oxygen atoms in total. The lowest BCUT2D eigenvalue weighted by Crippen LogP contribution is -2.26. The minimum Gasteiger partial charge on any atom is -0.350 e. The lowest BCUT2D eigenvalue weighted by atomic mass is 9.96. The summed E-state index contributed by atoms with van der Waals surface area (Å²) in [4.78, 5) is 15.0. The van der Waals surface area contributed by atoms with Crippen LogP contribution in [0.3, 0.4) is 0 Å². The highest BCUT2D eigenvalue weighted by Gasteiger charge is 2.19. The molecule has 0 aliphatic carbocycles. The molecule has 88 valence electrons. The predicted molar refractivity (Wildman–Crippen MR) is 65.4 cm³/mol. The molecular formula is C12H17ClN2O. The molecule has 1 N–H and O–H groups in total. The first-order chi connectivity index (χ1) is 7.58. The summed E-state index contributed by atoms with van der Waals surface area (Å²) in [5.74, 6) is 0.329. The number of halogens is 1. The van der Waals surface area contributed by atoms with Crippen LogP contribution in [0.5, 0.6) is 0 Å². The third kappa shape index (κ3) is 3.20. The van der Waals surface area contributed by atoms with E-state index in [0.717, 1.165) is 24.2 Å². The van der Waals surface area contributed by atoms with Gasteiger partial charge in [0.15, 0.2) is 0 Å². The summed E-state index contributed by atoms with van der Waals surface area (Å²) in [5.41, 5.74) is 1.69. The fourth-order valence-corrected chi connectivity index (χ4v) is 1.93. The lowest BCUT2D eigenvalue weighted by molar-refractivity contribution is -0.110. The van der Waals surface area contributed by atoms with Crippen molar-refractivity contribution in [3.8, 4) is 0 Å². The average molecular weight is 241 g/mol. The van der Waals surface area contributed by atoms with Crippen molar-refractivity contribution in [3.63, 3.8) is 0 Å². The molecule has 0 aromatic carbocycles. The number of carbonyl (C=O) groups is 1. The van der Waals surface area contributed by atoms with Crippen molar-refractivity contribution in [2.45, 2.75) is 33.2 Å². The quantitative estimate of drug-likeness (QED) is 0.805. The molecule has 0 saturated carbocycles. The smallest absolute Gasteiger partial charge is 0.207 e. The number of nitrogens with one attached hydrogen (secondary N) is 1. The van der Waals surface area contributed by atoms with Gasteiger partial charge in [0.25, 0.3) is 0 Å². The number of hydrogen-bond acceptors (Lipinski definition) is 2. The summed E-state index contributed by atoms with van der Waals surface area (Å²) in [7, 11) is 0. The van der Waals surface area contributed by atoms with Crippen LogP contribution >= 0.6 is 11.6 Å². The van der Waals surface area contributed by atoms with Gasteiger partial charge >= 0.3 is 0 Å².